The maximum absolute atomic E-state index is 12.4. The fourth-order valence-corrected chi connectivity index (χ4v) is 2.98. The van der Waals surface area contributed by atoms with Crippen molar-refractivity contribution < 1.29 is 24.2 Å². The SMILES string of the molecule is CC(C)(C)OC(=O)N1C[C@H](Oc2nccc3ccccc23)CC1C(=O)O. The van der Waals surface area contributed by atoms with Crippen LogP contribution in [0.4, 0.5) is 4.79 Å². The van der Waals surface area contributed by atoms with E-state index in [1.165, 1.54) is 4.90 Å². The van der Waals surface area contributed by atoms with Gasteiger partial charge in [0.05, 0.1) is 6.54 Å². The lowest BCUT2D eigenvalue weighted by Gasteiger charge is -2.26. The summed E-state index contributed by atoms with van der Waals surface area (Å²) >= 11 is 0. The molecule has 1 saturated heterocycles. The number of carboxylic acids is 1. The second kappa shape index (κ2) is 6.82. The van der Waals surface area contributed by atoms with Gasteiger partial charge in [0.15, 0.2) is 0 Å². The van der Waals surface area contributed by atoms with Gasteiger partial charge >= 0.3 is 12.1 Å². The van der Waals surface area contributed by atoms with Crippen molar-refractivity contribution in [2.45, 2.75) is 44.9 Å². The molecule has 1 N–H and O–H groups in total. The predicted octanol–water partition coefficient (Wildman–Crippen LogP) is 3.08. The number of carbonyl (C=O) groups excluding carboxylic acids is 1. The smallest absolute Gasteiger partial charge is 0.411 e. The average Bonchev–Trinajstić information content (AvgIpc) is 2.98. The van der Waals surface area contributed by atoms with Gasteiger partial charge in [-0.3, -0.25) is 4.90 Å². The third-order valence-electron chi connectivity index (χ3n) is 4.09. The molecule has 1 fully saturated rings. The van der Waals surface area contributed by atoms with E-state index in [2.05, 4.69) is 4.98 Å². The number of aromatic nitrogens is 1. The lowest BCUT2D eigenvalue weighted by atomic mass is 10.1. The highest BCUT2D eigenvalue weighted by molar-refractivity contribution is 5.86. The summed E-state index contributed by atoms with van der Waals surface area (Å²) in [5, 5.41) is 11.3. The number of pyridine rings is 1. The Hall–Kier alpha value is -2.83. The molecule has 1 unspecified atom stereocenters. The zero-order valence-electron chi connectivity index (χ0n) is 15.0. The van der Waals surface area contributed by atoms with Crippen LogP contribution in [0.5, 0.6) is 5.88 Å². The number of likely N-dealkylation sites (tertiary alicyclic amines) is 1. The Morgan fingerprint density at radius 3 is 2.65 bits per heavy atom. The first-order valence-electron chi connectivity index (χ1n) is 8.47. The van der Waals surface area contributed by atoms with Crippen LogP contribution in [0.2, 0.25) is 0 Å². The van der Waals surface area contributed by atoms with E-state index in [4.69, 9.17) is 9.47 Å². The van der Waals surface area contributed by atoms with Gasteiger partial charge in [0.2, 0.25) is 5.88 Å². The Morgan fingerprint density at radius 1 is 1.23 bits per heavy atom. The number of amides is 1. The molecule has 1 aromatic carbocycles. The van der Waals surface area contributed by atoms with Crippen molar-refractivity contribution in [3.63, 3.8) is 0 Å². The molecule has 0 spiro atoms. The summed E-state index contributed by atoms with van der Waals surface area (Å²) in [4.78, 5) is 29.4. The number of ether oxygens (including phenoxy) is 2. The fourth-order valence-electron chi connectivity index (χ4n) is 2.98. The van der Waals surface area contributed by atoms with Crippen molar-refractivity contribution in [2.24, 2.45) is 0 Å². The molecule has 1 aliphatic rings. The van der Waals surface area contributed by atoms with Crippen LogP contribution >= 0.6 is 0 Å². The van der Waals surface area contributed by atoms with E-state index in [0.717, 1.165) is 10.8 Å². The lowest BCUT2D eigenvalue weighted by Crippen LogP contribution is -2.43. The molecular weight excluding hydrogens is 336 g/mol. The maximum Gasteiger partial charge on any atom is 0.411 e. The normalized spacial score (nSPS) is 20.2. The first-order valence-corrected chi connectivity index (χ1v) is 8.47. The fraction of sp³-hybridized carbons (Fsp3) is 0.421. The van der Waals surface area contributed by atoms with Gasteiger partial charge in [-0.05, 0) is 38.3 Å². The molecule has 2 heterocycles. The summed E-state index contributed by atoms with van der Waals surface area (Å²) in [6.07, 6.45) is 0.704. The molecule has 0 radical (unpaired) electrons. The van der Waals surface area contributed by atoms with Crippen molar-refractivity contribution >= 4 is 22.8 Å². The van der Waals surface area contributed by atoms with Crippen LogP contribution in [-0.2, 0) is 9.53 Å². The Morgan fingerprint density at radius 2 is 1.96 bits per heavy atom. The Labute approximate surface area is 151 Å². The van der Waals surface area contributed by atoms with E-state index >= 15 is 0 Å². The van der Waals surface area contributed by atoms with Crippen LogP contribution in [0.3, 0.4) is 0 Å². The monoisotopic (exact) mass is 358 g/mol. The minimum atomic E-state index is -1.08. The third-order valence-corrected chi connectivity index (χ3v) is 4.09. The van der Waals surface area contributed by atoms with Gasteiger partial charge in [-0.15, -0.1) is 0 Å². The van der Waals surface area contributed by atoms with Crippen molar-refractivity contribution in [1.82, 2.24) is 9.88 Å². The molecule has 0 saturated carbocycles. The summed E-state index contributed by atoms with van der Waals surface area (Å²) in [5.41, 5.74) is -0.698. The van der Waals surface area contributed by atoms with E-state index in [9.17, 15) is 14.7 Å². The second-order valence-corrected chi connectivity index (χ2v) is 7.30. The van der Waals surface area contributed by atoms with Crippen molar-refractivity contribution in [3.8, 4) is 5.88 Å². The first-order chi connectivity index (χ1) is 12.2. The van der Waals surface area contributed by atoms with Gasteiger partial charge in [-0.1, -0.05) is 18.2 Å². The molecule has 7 nitrogen and oxygen atoms in total. The summed E-state index contributed by atoms with van der Waals surface area (Å²) in [6.45, 7) is 5.36. The van der Waals surface area contributed by atoms with Crippen molar-refractivity contribution in [2.75, 3.05) is 6.54 Å². The van der Waals surface area contributed by atoms with Crippen LogP contribution in [-0.4, -0.2) is 51.3 Å². The second-order valence-electron chi connectivity index (χ2n) is 7.30. The highest BCUT2D eigenvalue weighted by atomic mass is 16.6. The molecule has 0 aliphatic carbocycles. The van der Waals surface area contributed by atoms with Crippen molar-refractivity contribution in [1.29, 1.82) is 0 Å². The summed E-state index contributed by atoms with van der Waals surface area (Å²) in [5.74, 6) is -0.642. The Bertz CT molecular complexity index is 825. The highest BCUT2D eigenvalue weighted by Gasteiger charge is 2.42. The predicted molar refractivity (Wildman–Crippen MR) is 95.1 cm³/mol. The Balaban J connectivity index is 1.79. The molecule has 2 atom stereocenters. The molecule has 0 bridgehead atoms. The standard InChI is InChI=1S/C19H22N2O5/c1-19(2,3)26-18(24)21-11-13(10-15(21)17(22)23)25-16-14-7-5-4-6-12(14)8-9-20-16/h4-9,13,15H,10-11H2,1-3H3,(H,22,23)/t13-,15?/m1/s1. The van der Waals surface area contributed by atoms with Crippen LogP contribution in [0.25, 0.3) is 10.8 Å². The molecule has 7 heteroatoms. The molecule has 3 rings (SSSR count). The van der Waals surface area contributed by atoms with E-state index in [0.29, 0.717) is 5.88 Å². The summed E-state index contributed by atoms with van der Waals surface area (Å²) in [6, 6.07) is 8.55. The summed E-state index contributed by atoms with van der Waals surface area (Å²) in [7, 11) is 0. The number of carbonyl (C=O) groups is 2. The number of aliphatic carboxylic acids is 1. The van der Waals surface area contributed by atoms with Gasteiger partial charge in [0, 0.05) is 18.0 Å². The van der Waals surface area contributed by atoms with Gasteiger partial charge in [-0.2, -0.15) is 0 Å². The van der Waals surface area contributed by atoms with E-state index in [1.807, 2.05) is 30.3 Å². The largest absolute Gasteiger partial charge is 0.480 e. The van der Waals surface area contributed by atoms with Crippen LogP contribution in [0.1, 0.15) is 27.2 Å². The number of carboxylic acid groups (broad SMARTS) is 1. The molecule has 26 heavy (non-hydrogen) atoms. The maximum atomic E-state index is 12.4. The topological polar surface area (TPSA) is 89.0 Å². The van der Waals surface area contributed by atoms with E-state index < -0.39 is 29.8 Å². The van der Waals surface area contributed by atoms with E-state index in [1.54, 1.807) is 27.0 Å². The van der Waals surface area contributed by atoms with E-state index in [-0.39, 0.29) is 13.0 Å². The molecule has 1 aliphatic heterocycles. The van der Waals surface area contributed by atoms with Gasteiger partial charge < -0.3 is 14.6 Å². The Kier molecular flexibility index (Phi) is 4.71. The molecule has 138 valence electrons. The number of fused-ring (bicyclic) bond motifs is 1. The zero-order chi connectivity index (χ0) is 18.9. The molecular formula is C19H22N2O5. The van der Waals surface area contributed by atoms with Crippen LogP contribution < -0.4 is 4.74 Å². The average molecular weight is 358 g/mol. The minimum absolute atomic E-state index is 0.136. The molecule has 2 aromatic rings. The minimum Gasteiger partial charge on any atom is -0.480 e. The van der Waals surface area contributed by atoms with Crippen molar-refractivity contribution in [3.05, 3.63) is 36.5 Å². The zero-order valence-corrected chi connectivity index (χ0v) is 15.0. The van der Waals surface area contributed by atoms with Crippen LogP contribution in [0.15, 0.2) is 36.5 Å². The van der Waals surface area contributed by atoms with Gasteiger partial charge in [0.1, 0.15) is 17.7 Å². The third kappa shape index (κ3) is 3.87. The van der Waals surface area contributed by atoms with Crippen LogP contribution in [0, 0.1) is 0 Å². The number of benzene rings is 1. The molecule has 1 amide bonds. The number of hydrogen-bond acceptors (Lipinski definition) is 5. The number of rotatable bonds is 3. The molecule has 1 aromatic heterocycles. The summed E-state index contributed by atoms with van der Waals surface area (Å²) < 4.78 is 11.3. The van der Waals surface area contributed by atoms with Gasteiger partial charge in [0.25, 0.3) is 0 Å². The number of hydrogen-bond donors (Lipinski definition) is 1. The van der Waals surface area contributed by atoms with Gasteiger partial charge in [-0.25, -0.2) is 14.6 Å². The number of nitrogens with zero attached hydrogens (tertiary/aromatic N) is 2. The lowest BCUT2D eigenvalue weighted by molar-refractivity contribution is -0.142. The highest BCUT2D eigenvalue weighted by Crippen LogP contribution is 2.28. The first kappa shape index (κ1) is 18.0. The quantitative estimate of drug-likeness (QED) is 0.907.